The maximum Gasteiger partial charge on any atom is 0.193 e. The second-order valence-electron chi connectivity index (χ2n) is 7.16. The number of aliphatic hydroxyl groups excluding tert-OH is 1. The van der Waals surface area contributed by atoms with E-state index in [1.54, 1.807) is 0 Å². The van der Waals surface area contributed by atoms with Crippen molar-refractivity contribution in [3.05, 3.63) is 35.9 Å². The summed E-state index contributed by atoms with van der Waals surface area (Å²) in [7, 11) is 0. The lowest BCUT2D eigenvalue weighted by atomic mass is 10.1. The maximum atomic E-state index is 9.72. The lowest BCUT2D eigenvalue weighted by Crippen LogP contribution is -2.47. The molecule has 2 aliphatic heterocycles. The molecule has 2 saturated heterocycles. The maximum absolute atomic E-state index is 9.72. The number of rotatable bonds is 5. The van der Waals surface area contributed by atoms with Gasteiger partial charge in [0.25, 0.3) is 0 Å². The number of aliphatic imine (C=N–C) groups is 1. The zero-order valence-corrected chi connectivity index (χ0v) is 18.1. The number of nitrogens with zero attached hydrogens (tertiary/aromatic N) is 3. The third-order valence-electron chi connectivity index (χ3n) is 5.28. The van der Waals surface area contributed by atoms with Gasteiger partial charge in [-0.3, -0.25) is 9.89 Å². The number of piperidine rings is 1. The topological polar surface area (TPSA) is 51.1 Å². The molecule has 6 heteroatoms. The second kappa shape index (κ2) is 11.1. The molecule has 0 radical (unpaired) electrons. The Labute approximate surface area is 174 Å². The van der Waals surface area contributed by atoms with Gasteiger partial charge in [-0.1, -0.05) is 30.3 Å². The third kappa shape index (κ3) is 6.09. The van der Waals surface area contributed by atoms with Gasteiger partial charge in [0.15, 0.2) is 5.96 Å². The largest absolute Gasteiger partial charge is 0.393 e. The zero-order chi connectivity index (χ0) is 17.5. The Morgan fingerprint density at radius 1 is 1.15 bits per heavy atom. The molecule has 1 aromatic rings. The van der Waals surface area contributed by atoms with Gasteiger partial charge in [-0.25, -0.2) is 0 Å². The Balaban J connectivity index is 0.00000243. The summed E-state index contributed by atoms with van der Waals surface area (Å²) < 4.78 is 0. The van der Waals surface area contributed by atoms with Crippen molar-refractivity contribution in [2.75, 3.05) is 32.7 Å². The van der Waals surface area contributed by atoms with Gasteiger partial charge in [0, 0.05) is 32.2 Å². The minimum atomic E-state index is -0.143. The van der Waals surface area contributed by atoms with E-state index in [-0.39, 0.29) is 30.1 Å². The number of halogens is 1. The first kappa shape index (κ1) is 21.4. The lowest BCUT2D eigenvalue weighted by Gasteiger charge is -2.33. The number of guanidine groups is 1. The molecule has 3 rings (SSSR count). The minimum Gasteiger partial charge on any atom is -0.393 e. The van der Waals surface area contributed by atoms with Crippen LogP contribution in [0.2, 0.25) is 0 Å². The molecular weight excluding hydrogens is 439 g/mol. The van der Waals surface area contributed by atoms with E-state index in [1.807, 2.05) is 0 Å². The molecule has 0 saturated carbocycles. The first-order chi connectivity index (χ1) is 12.3. The van der Waals surface area contributed by atoms with E-state index in [1.165, 1.54) is 24.9 Å². The summed E-state index contributed by atoms with van der Waals surface area (Å²) in [5.74, 6) is 1.01. The number of hydrogen-bond donors (Lipinski definition) is 2. The predicted molar refractivity (Wildman–Crippen MR) is 118 cm³/mol. The van der Waals surface area contributed by atoms with Gasteiger partial charge < -0.3 is 15.3 Å². The van der Waals surface area contributed by atoms with E-state index in [0.717, 1.165) is 51.5 Å². The molecule has 0 spiro atoms. The molecule has 1 atom stereocenters. The van der Waals surface area contributed by atoms with Crippen LogP contribution in [0.1, 0.15) is 38.2 Å². The molecule has 2 aliphatic rings. The lowest BCUT2D eigenvalue weighted by molar-refractivity contribution is 0.108. The van der Waals surface area contributed by atoms with Crippen molar-refractivity contribution in [2.45, 2.75) is 51.3 Å². The smallest absolute Gasteiger partial charge is 0.193 e. The zero-order valence-electron chi connectivity index (χ0n) is 15.8. The van der Waals surface area contributed by atoms with Crippen LogP contribution < -0.4 is 5.32 Å². The first-order valence-corrected chi connectivity index (χ1v) is 9.75. The van der Waals surface area contributed by atoms with Crippen molar-refractivity contribution >= 4 is 29.9 Å². The van der Waals surface area contributed by atoms with E-state index in [4.69, 9.17) is 4.99 Å². The number of hydrogen-bond acceptors (Lipinski definition) is 3. The van der Waals surface area contributed by atoms with Gasteiger partial charge in [-0.2, -0.15) is 0 Å². The fourth-order valence-corrected chi connectivity index (χ4v) is 3.82. The molecule has 146 valence electrons. The van der Waals surface area contributed by atoms with E-state index in [0.29, 0.717) is 6.04 Å². The average Bonchev–Trinajstić information content (AvgIpc) is 3.07. The van der Waals surface area contributed by atoms with Crippen molar-refractivity contribution in [1.82, 2.24) is 15.1 Å². The summed E-state index contributed by atoms with van der Waals surface area (Å²) in [6.07, 6.45) is 4.03. The van der Waals surface area contributed by atoms with Crippen LogP contribution >= 0.6 is 24.0 Å². The van der Waals surface area contributed by atoms with Crippen molar-refractivity contribution in [3.63, 3.8) is 0 Å². The van der Waals surface area contributed by atoms with Crippen LogP contribution in [0.25, 0.3) is 0 Å². The standard InChI is InChI=1S/C20H32N4O.HI/c1-2-21-20(23-13-10-19(25)11-14-23)22-15-18-9-6-12-24(18)16-17-7-4-3-5-8-17;/h3-5,7-8,18-19,25H,2,6,9-16H2,1H3,(H,21,22);1H. The molecule has 2 heterocycles. The van der Waals surface area contributed by atoms with Crippen molar-refractivity contribution in [2.24, 2.45) is 4.99 Å². The van der Waals surface area contributed by atoms with Crippen LogP contribution in [0.5, 0.6) is 0 Å². The van der Waals surface area contributed by atoms with Gasteiger partial charge in [-0.05, 0) is 44.7 Å². The second-order valence-corrected chi connectivity index (χ2v) is 7.16. The Morgan fingerprint density at radius 2 is 1.88 bits per heavy atom. The Morgan fingerprint density at radius 3 is 2.58 bits per heavy atom. The van der Waals surface area contributed by atoms with Gasteiger partial charge in [-0.15, -0.1) is 24.0 Å². The normalized spacial score (nSPS) is 22.3. The highest BCUT2D eigenvalue weighted by molar-refractivity contribution is 14.0. The average molecular weight is 472 g/mol. The molecule has 1 aromatic carbocycles. The monoisotopic (exact) mass is 472 g/mol. The summed E-state index contributed by atoms with van der Waals surface area (Å²) in [5.41, 5.74) is 1.38. The number of nitrogens with one attached hydrogen (secondary N) is 1. The number of aliphatic hydroxyl groups is 1. The van der Waals surface area contributed by atoms with Gasteiger partial charge in [0.2, 0.25) is 0 Å². The fourth-order valence-electron chi connectivity index (χ4n) is 3.82. The van der Waals surface area contributed by atoms with Crippen molar-refractivity contribution in [3.8, 4) is 0 Å². The minimum absolute atomic E-state index is 0. The molecule has 2 fully saturated rings. The molecular formula is C20H33IN4O. The third-order valence-corrected chi connectivity index (χ3v) is 5.28. The van der Waals surface area contributed by atoms with Crippen molar-refractivity contribution in [1.29, 1.82) is 0 Å². The van der Waals surface area contributed by atoms with E-state index < -0.39 is 0 Å². The Hall–Kier alpha value is -0.860. The van der Waals surface area contributed by atoms with Crippen LogP contribution in [0.3, 0.4) is 0 Å². The Bertz CT molecular complexity index is 546. The summed E-state index contributed by atoms with van der Waals surface area (Å²) in [6.45, 7) is 7.84. The SMILES string of the molecule is CCNC(=NCC1CCCN1Cc1ccccc1)N1CCC(O)CC1.I. The molecule has 0 aliphatic carbocycles. The summed E-state index contributed by atoms with van der Waals surface area (Å²) in [6, 6.07) is 11.3. The molecule has 26 heavy (non-hydrogen) atoms. The predicted octanol–water partition coefficient (Wildman–Crippen LogP) is 2.69. The van der Waals surface area contributed by atoms with Crippen LogP contribution in [0, 0.1) is 0 Å². The van der Waals surface area contributed by atoms with E-state index >= 15 is 0 Å². The molecule has 2 N–H and O–H groups in total. The fraction of sp³-hybridized carbons (Fsp3) is 0.650. The molecule has 5 nitrogen and oxygen atoms in total. The first-order valence-electron chi connectivity index (χ1n) is 9.75. The number of likely N-dealkylation sites (tertiary alicyclic amines) is 2. The van der Waals surface area contributed by atoms with E-state index in [2.05, 4.69) is 52.4 Å². The van der Waals surface area contributed by atoms with Gasteiger partial charge in [0.05, 0.1) is 12.6 Å². The van der Waals surface area contributed by atoms with Crippen LogP contribution in [0.15, 0.2) is 35.3 Å². The van der Waals surface area contributed by atoms with E-state index in [9.17, 15) is 5.11 Å². The Kier molecular flexibility index (Phi) is 9.15. The van der Waals surface area contributed by atoms with Crippen molar-refractivity contribution < 1.29 is 5.11 Å². The van der Waals surface area contributed by atoms with Crippen LogP contribution in [0.4, 0.5) is 0 Å². The highest BCUT2D eigenvalue weighted by Crippen LogP contribution is 2.20. The highest BCUT2D eigenvalue weighted by atomic mass is 127. The number of benzene rings is 1. The molecule has 0 amide bonds. The van der Waals surface area contributed by atoms with Crippen LogP contribution in [-0.4, -0.2) is 65.7 Å². The van der Waals surface area contributed by atoms with Crippen LogP contribution in [-0.2, 0) is 6.54 Å². The van der Waals surface area contributed by atoms with Gasteiger partial charge in [0.1, 0.15) is 0 Å². The summed E-state index contributed by atoms with van der Waals surface area (Å²) in [5, 5.41) is 13.2. The molecule has 0 bridgehead atoms. The van der Waals surface area contributed by atoms with Gasteiger partial charge >= 0.3 is 0 Å². The molecule has 0 aromatic heterocycles. The summed E-state index contributed by atoms with van der Waals surface area (Å²) >= 11 is 0. The molecule has 1 unspecified atom stereocenters. The highest BCUT2D eigenvalue weighted by Gasteiger charge is 2.25. The quantitative estimate of drug-likeness (QED) is 0.393. The summed E-state index contributed by atoms with van der Waals surface area (Å²) in [4.78, 5) is 9.81.